The number of para-hydroxylation sites is 1. The molecule has 24 heavy (non-hydrogen) atoms. The molecule has 3 rings (SSSR count). The van der Waals surface area contributed by atoms with Crippen molar-refractivity contribution in [2.75, 3.05) is 17.2 Å². The maximum atomic E-state index is 4.31. The van der Waals surface area contributed by atoms with Crippen LogP contribution in [0.1, 0.15) is 13.8 Å². The second-order valence-corrected chi connectivity index (χ2v) is 6.85. The number of nitrogens with zero attached hydrogens (tertiary/aromatic N) is 3. The van der Waals surface area contributed by atoms with Crippen LogP contribution in [0.15, 0.2) is 54.7 Å². The third-order valence-corrected chi connectivity index (χ3v) is 4.62. The maximum Gasteiger partial charge on any atom is 0.206 e. The third kappa shape index (κ3) is 4.29. The fourth-order valence-electron chi connectivity index (χ4n) is 2.29. The van der Waals surface area contributed by atoms with Gasteiger partial charge in [0.25, 0.3) is 0 Å². The second kappa shape index (κ2) is 7.88. The minimum absolute atomic E-state index is 0.301. The third-order valence-electron chi connectivity index (χ3n) is 3.71. The smallest absolute Gasteiger partial charge is 0.206 e. The highest BCUT2D eigenvalue weighted by atomic mass is 32.1. The first-order valence-corrected chi connectivity index (χ1v) is 8.84. The van der Waals surface area contributed by atoms with Crippen LogP contribution in [0.3, 0.4) is 0 Å². The molecule has 1 unspecified atom stereocenters. The van der Waals surface area contributed by atoms with Crippen molar-refractivity contribution in [3.05, 3.63) is 54.7 Å². The zero-order valence-corrected chi connectivity index (χ0v) is 14.6. The van der Waals surface area contributed by atoms with Gasteiger partial charge in [-0.15, -0.1) is 10.2 Å². The molecule has 1 aromatic carbocycles. The molecular weight excluding hydrogens is 318 g/mol. The van der Waals surface area contributed by atoms with Crippen molar-refractivity contribution < 1.29 is 0 Å². The number of anilines is 2. The number of nitrogens with one attached hydrogen (secondary N) is 2. The van der Waals surface area contributed by atoms with Crippen LogP contribution in [0, 0.1) is 5.92 Å². The lowest BCUT2D eigenvalue weighted by Crippen LogP contribution is -2.33. The molecule has 2 N–H and O–H groups in total. The predicted octanol–water partition coefficient (Wildman–Crippen LogP) is 4.15. The van der Waals surface area contributed by atoms with Crippen molar-refractivity contribution in [1.29, 1.82) is 0 Å². The Morgan fingerprint density at radius 3 is 2.50 bits per heavy atom. The summed E-state index contributed by atoms with van der Waals surface area (Å²) in [5.41, 5.74) is 1.98. The lowest BCUT2D eigenvalue weighted by Gasteiger charge is -2.23. The van der Waals surface area contributed by atoms with Gasteiger partial charge in [-0.1, -0.05) is 49.4 Å². The standard InChI is InChI=1S/C18H21N5S/c1-13(2)16(21-14-8-4-3-5-9-14)12-20-18-23-22-17(24-18)15-10-6-7-11-19-15/h3-11,13,16,21H,12H2,1-2H3,(H,20,23). The molecule has 0 saturated heterocycles. The van der Waals surface area contributed by atoms with Gasteiger partial charge in [0, 0.05) is 24.5 Å². The average molecular weight is 339 g/mol. The maximum absolute atomic E-state index is 4.31. The Labute approximate surface area is 146 Å². The van der Waals surface area contributed by atoms with Gasteiger partial charge >= 0.3 is 0 Å². The number of hydrogen-bond acceptors (Lipinski definition) is 6. The van der Waals surface area contributed by atoms with Gasteiger partial charge in [0.05, 0.1) is 0 Å². The molecule has 5 nitrogen and oxygen atoms in total. The molecule has 0 amide bonds. The van der Waals surface area contributed by atoms with E-state index in [1.54, 1.807) is 6.20 Å². The van der Waals surface area contributed by atoms with Gasteiger partial charge in [-0.3, -0.25) is 4.98 Å². The molecule has 1 atom stereocenters. The van der Waals surface area contributed by atoms with Gasteiger partial charge in [0.15, 0.2) is 5.01 Å². The van der Waals surface area contributed by atoms with Gasteiger partial charge in [-0.25, -0.2) is 0 Å². The molecule has 0 saturated carbocycles. The van der Waals surface area contributed by atoms with Crippen molar-refractivity contribution in [2.45, 2.75) is 19.9 Å². The normalized spacial score (nSPS) is 12.1. The summed E-state index contributed by atoms with van der Waals surface area (Å²) in [6.07, 6.45) is 1.77. The zero-order chi connectivity index (χ0) is 16.8. The van der Waals surface area contributed by atoms with E-state index >= 15 is 0 Å². The van der Waals surface area contributed by atoms with Crippen molar-refractivity contribution >= 4 is 22.2 Å². The van der Waals surface area contributed by atoms with Gasteiger partial charge in [0.2, 0.25) is 5.13 Å². The molecule has 0 aliphatic rings. The first kappa shape index (κ1) is 16.4. The molecule has 0 fully saturated rings. The molecule has 2 heterocycles. The summed E-state index contributed by atoms with van der Waals surface area (Å²) >= 11 is 1.52. The van der Waals surface area contributed by atoms with Crippen molar-refractivity contribution in [3.63, 3.8) is 0 Å². The Morgan fingerprint density at radius 2 is 1.79 bits per heavy atom. The highest BCUT2D eigenvalue weighted by Crippen LogP contribution is 2.24. The Morgan fingerprint density at radius 1 is 1.00 bits per heavy atom. The van der Waals surface area contributed by atoms with Crippen LogP contribution >= 0.6 is 11.3 Å². The largest absolute Gasteiger partial charge is 0.380 e. The Hall–Kier alpha value is -2.47. The minimum atomic E-state index is 0.301. The van der Waals surface area contributed by atoms with E-state index in [1.165, 1.54) is 11.3 Å². The monoisotopic (exact) mass is 339 g/mol. The highest BCUT2D eigenvalue weighted by Gasteiger charge is 2.14. The molecule has 0 radical (unpaired) electrons. The summed E-state index contributed by atoms with van der Waals surface area (Å²) in [5.74, 6) is 0.487. The zero-order valence-electron chi connectivity index (χ0n) is 13.8. The summed E-state index contributed by atoms with van der Waals surface area (Å²) in [5, 5.41) is 17.0. The second-order valence-electron chi connectivity index (χ2n) is 5.87. The van der Waals surface area contributed by atoms with Crippen molar-refractivity contribution in [1.82, 2.24) is 15.2 Å². The van der Waals surface area contributed by atoms with E-state index in [-0.39, 0.29) is 0 Å². The van der Waals surface area contributed by atoms with Crippen LogP contribution in [0.4, 0.5) is 10.8 Å². The SMILES string of the molecule is CC(C)C(CNc1nnc(-c2ccccn2)s1)Nc1ccccc1. The number of aromatic nitrogens is 3. The summed E-state index contributed by atoms with van der Waals surface area (Å²) in [7, 11) is 0. The lowest BCUT2D eigenvalue weighted by atomic mass is 10.0. The molecule has 0 spiro atoms. The molecule has 6 heteroatoms. The van der Waals surface area contributed by atoms with E-state index in [2.05, 4.69) is 51.8 Å². The molecule has 0 aliphatic carbocycles. The lowest BCUT2D eigenvalue weighted by molar-refractivity contribution is 0.542. The van der Waals surface area contributed by atoms with E-state index < -0.39 is 0 Å². The molecule has 2 aromatic heterocycles. The van der Waals surface area contributed by atoms with Crippen LogP contribution in [-0.4, -0.2) is 27.8 Å². The molecule has 3 aromatic rings. The van der Waals surface area contributed by atoms with Crippen molar-refractivity contribution in [3.8, 4) is 10.7 Å². The van der Waals surface area contributed by atoms with Gasteiger partial charge in [-0.05, 0) is 30.2 Å². The van der Waals surface area contributed by atoms with E-state index in [1.807, 2.05) is 36.4 Å². The Balaban J connectivity index is 1.62. The first-order chi connectivity index (χ1) is 11.7. The van der Waals surface area contributed by atoms with E-state index in [0.717, 1.165) is 28.1 Å². The molecular formula is C18H21N5S. The number of benzene rings is 1. The number of hydrogen-bond donors (Lipinski definition) is 2. The molecule has 124 valence electrons. The summed E-state index contributed by atoms with van der Waals surface area (Å²) in [6.45, 7) is 5.20. The average Bonchev–Trinajstić information content (AvgIpc) is 3.09. The number of rotatable bonds is 7. The van der Waals surface area contributed by atoms with Crippen LogP contribution in [0.25, 0.3) is 10.7 Å². The Bertz CT molecular complexity index is 742. The topological polar surface area (TPSA) is 62.7 Å². The fraction of sp³-hybridized carbons (Fsp3) is 0.278. The highest BCUT2D eigenvalue weighted by molar-refractivity contribution is 7.18. The van der Waals surface area contributed by atoms with E-state index in [4.69, 9.17) is 0 Å². The van der Waals surface area contributed by atoms with Crippen LogP contribution in [0.5, 0.6) is 0 Å². The predicted molar refractivity (Wildman–Crippen MR) is 100 cm³/mol. The van der Waals surface area contributed by atoms with Crippen molar-refractivity contribution in [2.24, 2.45) is 5.92 Å². The first-order valence-electron chi connectivity index (χ1n) is 8.03. The number of pyridine rings is 1. The Kier molecular flexibility index (Phi) is 5.38. The van der Waals surface area contributed by atoms with Gasteiger partial charge in [0.1, 0.15) is 5.69 Å². The van der Waals surface area contributed by atoms with E-state index in [0.29, 0.717) is 12.0 Å². The van der Waals surface area contributed by atoms with Crippen LogP contribution in [-0.2, 0) is 0 Å². The van der Waals surface area contributed by atoms with Gasteiger partial charge in [-0.2, -0.15) is 0 Å². The summed E-state index contributed by atoms with van der Waals surface area (Å²) in [6, 6.07) is 16.4. The van der Waals surface area contributed by atoms with Gasteiger partial charge < -0.3 is 10.6 Å². The minimum Gasteiger partial charge on any atom is -0.380 e. The van der Waals surface area contributed by atoms with E-state index in [9.17, 15) is 0 Å². The van der Waals surface area contributed by atoms with Crippen LogP contribution in [0.2, 0.25) is 0 Å². The fourth-order valence-corrected chi connectivity index (χ4v) is 3.01. The summed E-state index contributed by atoms with van der Waals surface area (Å²) < 4.78 is 0. The quantitative estimate of drug-likeness (QED) is 0.677. The molecule has 0 aliphatic heterocycles. The van der Waals surface area contributed by atoms with Crippen LogP contribution < -0.4 is 10.6 Å². The summed E-state index contributed by atoms with van der Waals surface area (Å²) in [4.78, 5) is 4.31. The molecule has 0 bridgehead atoms.